The fourth-order valence-corrected chi connectivity index (χ4v) is 1.19. The van der Waals surface area contributed by atoms with E-state index in [0.717, 1.165) is 0 Å². The van der Waals surface area contributed by atoms with Gasteiger partial charge in [0, 0.05) is 11.9 Å². The molecular weight excluding hydrogens is 232 g/mol. The summed E-state index contributed by atoms with van der Waals surface area (Å²) >= 11 is 5.75. The van der Waals surface area contributed by atoms with Crippen LogP contribution in [0.1, 0.15) is 6.92 Å². The van der Waals surface area contributed by atoms with Crippen molar-refractivity contribution in [1.29, 1.82) is 0 Å². The highest BCUT2D eigenvalue weighted by atomic mass is 35.5. The molecule has 1 N–H and O–H groups in total. The second-order valence-electron chi connectivity index (χ2n) is 3.22. The highest BCUT2D eigenvalue weighted by Crippen LogP contribution is 2.17. The second kappa shape index (κ2) is 6.35. The van der Waals surface area contributed by atoms with Gasteiger partial charge in [-0.25, -0.2) is 0 Å². The van der Waals surface area contributed by atoms with Gasteiger partial charge in [0.25, 0.3) is 0 Å². The van der Waals surface area contributed by atoms with Crippen molar-refractivity contribution in [2.75, 3.05) is 13.2 Å². The smallest absolute Gasteiger partial charge is 0.302 e. The summed E-state index contributed by atoms with van der Waals surface area (Å²) in [6, 6.07) is 6.84. The maximum atomic E-state index is 10.5. The Morgan fingerprint density at radius 3 is 2.88 bits per heavy atom. The number of hydrogen-bond donors (Lipinski definition) is 1. The van der Waals surface area contributed by atoms with Gasteiger partial charge in [0.2, 0.25) is 0 Å². The molecular formula is C11H13ClO4. The Kier molecular flexibility index (Phi) is 5.08. The monoisotopic (exact) mass is 244 g/mol. The van der Waals surface area contributed by atoms with Crippen molar-refractivity contribution >= 4 is 17.6 Å². The van der Waals surface area contributed by atoms with E-state index in [0.29, 0.717) is 10.8 Å². The molecule has 0 amide bonds. The summed E-state index contributed by atoms with van der Waals surface area (Å²) < 4.78 is 9.88. The number of halogens is 1. The van der Waals surface area contributed by atoms with Crippen LogP contribution in [0, 0.1) is 0 Å². The Balaban J connectivity index is 2.31. The van der Waals surface area contributed by atoms with Gasteiger partial charge in [-0.3, -0.25) is 4.79 Å². The number of ether oxygens (including phenoxy) is 2. The first-order chi connectivity index (χ1) is 7.58. The number of aliphatic hydroxyl groups is 1. The maximum absolute atomic E-state index is 10.5. The third-order valence-corrected chi connectivity index (χ3v) is 1.95. The zero-order chi connectivity index (χ0) is 12.0. The molecule has 1 aromatic carbocycles. The van der Waals surface area contributed by atoms with Crippen molar-refractivity contribution in [2.45, 2.75) is 13.0 Å². The van der Waals surface area contributed by atoms with Gasteiger partial charge in [-0.15, -0.1) is 0 Å². The Labute approximate surface area is 98.7 Å². The van der Waals surface area contributed by atoms with Gasteiger partial charge in [0.1, 0.15) is 25.1 Å². The van der Waals surface area contributed by atoms with Crippen molar-refractivity contribution in [3.05, 3.63) is 29.3 Å². The standard InChI is InChI=1S/C11H13ClO4/c1-8(13)15-6-10(14)7-16-11-4-2-3-9(12)5-11/h2-5,10,14H,6-7H2,1H3/t10-/m1/s1. The van der Waals surface area contributed by atoms with Gasteiger partial charge in [0.05, 0.1) is 0 Å². The second-order valence-corrected chi connectivity index (χ2v) is 3.66. The van der Waals surface area contributed by atoms with Gasteiger partial charge >= 0.3 is 5.97 Å². The molecule has 16 heavy (non-hydrogen) atoms. The van der Waals surface area contributed by atoms with E-state index in [1.54, 1.807) is 24.3 Å². The molecule has 0 bridgehead atoms. The van der Waals surface area contributed by atoms with E-state index >= 15 is 0 Å². The first kappa shape index (κ1) is 12.8. The normalized spacial score (nSPS) is 11.9. The van der Waals surface area contributed by atoms with E-state index < -0.39 is 12.1 Å². The molecule has 0 saturated carbocycles. The van der Waals surface area contributed by atoms with Crippen LogP contribution in [0.3, 0.4) is 0 Å². The largest absolute Gasteiger partial charge is 0.491 e. The van der Waals surface area contributed by atoms with Crippen LogP contribution in [0.4, 0.5) is 0 Å². The van der Waals surface area contributed by atoms with Crippen molar-refractivity contribution < 1.29 is 19.4 Å². The van der Waals surface area contributed by atoms with E-state index in [2.05, 4.69) is 4.74 Å². The van der Waals surface area contributed by atoms with Gasteiger partial charge in [-0.05, 0) is 18.2 Å². The van der Waals surface area contributed by atoms with Crippen molar-refractivity contribution in [1.82, 2.24) is 0 Å². The molecule has 1 aromatic rings. The molecule has 4 nitrogen and oxygen atoms in total. The molecule has 1 rings (SSSR count). The van der Waals surface area contributed by atoms with Crippen LogP contribution in [0.15, 0.2) is 24.3 Å². The number of carbonyl (C=O) groups is 1. The number of aliphatic hydroxyl groups excluding tert-OH is 1. The molecule has 0 aromatic heterocycles. The van der Waals surface area contributed by atoms with Gasteiger partial charge in [-0.2, -0.15) is 0 Å². The average Bonchev–Trinajstić information content (AvgIpc) is 2.23. The van der Waals surface area contributed by atoms with Crippen LogP contribution in [0.5, 0.6) is 5.75 Å². The third-order valence-electron chi connectivity index (χ3n) is 1.72. The number of hydrogen-bond acceptors (Lipinski definition) is 4. The lowest BCUT2D eigenvalue weighted by Gasteiger charge is -2.12. The van der Waals surface area contributed by atoms with Crippen LogP contribution >= 0.6 is 11.6 Å². The van der Waals surface area contributed by atoms with Gasteiger partial charge < -0.3 is 14.6 Å². The predicted octanol–water partition coefficient (Wildman–Crippen LogP) is 1.64. The summed E-state index contributed by atoms with van der Waals surface area (Å²) in [4.78, 5) is 10.5. The molecule has 0 unspecified atom stereocenters. The Hall–Kier alpha value is -1.26. The highest BCUT2D eigenvalue weighted by molar-refractivity contribution is 6.30. The molecule has 0 aliphatic carbocycles. The minimum Gasteiger partial charge on any atom is -0.491 e. The molecule has 88 valence electrons. The van der Waals surface area contributed by atoms with Crippen molar-refractivity contribution in [3.8, 4) is 5.75 Å². The van der Waals surface area contributed by atoms with Gasteiger partial charge in [0.15, 0.2) is 0 Å². The number of carbonyl (C=O) groups excluding carboxylic acids is 1. The number of rotatable bonds is 5. The molecule has 0 aliphatic rings. The molecule has 0 heterocycles. The highest BCUT2D eigenvalue weighted by Gasteiger charge is 2.07. The lowest BCUT2D eigenvalue weighted by Crippen LogP contribution is -2.24. The number of benzene rings is 1. The Morgan fingerprint density at radius 1 is 1.50 bits per heavy atom. The van der Waals surface area contributed by atoms with Crippen LogP contribution in [-0.4, -0.2) is 30.4 Å². The molecule has 0 spiro atoms. The van der Waals surface area contributed by atoms with E-state index in [1.165, 1.54) is 6.92 Å². The lowest BCUT2D eigenvalue weighted by atomic mass is 10.3. The zero-order valence-electron chi connectivity index (χ0n) is 8.85. The summed E-state index contributed by atoms with van der Waals surface area (Å²) in [5.41, 5.74) is 0. The number of esters is 1. The maximum Gasteiger partial charge on any atom is 0.302 e. The lowest BCUT2D eigenvalue weighted by molar-refractivity contribution is -0.144. The summed E-state index contributed by atoms with van der Waals surface area (Å²) in [7, 11) is 0. The van der Waals surface area contributed by atoms with E-state index in [9.17, 15) is 9.90 Å². The molecule has 5 heteroatoms. The summed E-state index contributed by atoms with van der Waals surface area (Å²) in [5, 5.41) is 9.96. The van der Waals surface area contributed by atoms with Crippen molar-refractivity contribution in [2.24, 2.45) is 0 Å². The quantitative estimate of drug-likeness (QED) is 0.800. The first-order valence-corrected chi connectivity index (χ1v) is 5.15. The van der Waals surface area contributed by atoms with E-state index in [-0.39, 0.29) is 13.2 Å². The topological polar surface area (TPSA) is 55.8 Å². The van der Waals surface area contributed by atoms with Crippen LogP contribution in [0.2, 0.25) is 5.02 Å². The summed E-state index contributed by atoms with van der Waals surface area (Å²) in [5.74, 6) is 0.135. The minimum atomic E-state index is -0.845. The van der Waals surface area contributed by atoms with E-state index in [4.69, 9.17) is 16.3 Å². The van der Waals surface area contributed by atoms with Crippen molar-refractivity contribution in [3.63, 3.8) is 0 Å². The van der Waals surface area contributed by atoms with Gasteiger partial charge in [-0.1, -0.05) is 17.7 Å². The molecule has 1 atom stereocenters. The third kappa shape index (κ3) is 5.00. The molecule has 0 radical (unpaired) electrons. The summed E-state index contributed by atoms with van der Waals surface area (Å²) in [6.07, 6.45) is -0.845. The molecule has 0 aliphatic heterocycles. The zero-order valence-corrected chi connectivity index (χ0v) is 9.61. The summed E-state index contributed by atoms with van der Waals surface area (Å²) in [6.45, 7) is 1.26. The fourth-order valence-electron chi connectivity index (χ4n) is 1.01. The Morgan fingerprint density at radius 2 is 2.25 bits per heavy atom. The van der Waals surface area contributed by atoms with Crippen LogP contribution in [-0.2, 0) is 9.53 Å². The Bertz CT molecular complexity index is 354. The minimum absolute atomic E-state index is 0.0492. The first-order valence-electron chi connectivity index (χ1n) is 4.77. The molecule has 0 fully saturated rings. The SMILES string of the molecule is CC(=O)OC[C@@H](O)COc1cccc(Cl)c1. The molecule has 0 saturated heterocycles. The van der Waals surface area contributed by atoms with E-state index in [1.807, 2.05) is 0 Å². The van der Waals surface area contributed by atoms with Crippen LogP contribution in [0.25, 0.3) is 0 Å². The fraction of sp³-hybridized carbons (Fsp3) is 0.364. The predicted molar refractivity (Wildman–Crippen MR) is 59.6 cm³/mol. The van der Waals surface area contributed by atoms with Crippen LogP contribution < -0.4 is 4.74 Å². The average molecular weight is 245 g/mol.